The Bertz CT molecular complexity index is 2220. The average molecular weight is 581 g/mol. The van der Waals surface area contributed by atoms with E-state index < -0.39 is 5.41 Å². The molecule has 0 heterocycles. The van der Waals surface area contributed by atoms with Crippen molar-refractivity contribution in [1.82, 2.24) is 0 Å². The number of fused-ring (bicyclic) bond motifs is 10. The molecule has 1 aliphatic carbocycles. The first-order valence-electron chi connectivity index (χ1n) is 16.3. The van der Waals surface area contributed by atoms with Gasteiger partial charge >= 0.3 is 0 Å². The Morgan fingerprint density at radius 3 is 1.49 bits per heavy atom. The van der Waals surface area contributed by atoms with Gasteiger partial charge in [0.15, 0.2) is 0 Å². The fourth-order valence-corrected chi connectivity index (χ4v) is 7.97. The van der Waals surface area contributed by atoms with Gasteiger partial charge in [-0.25, -0.2) is 0 Å². The lowest BCUT2D eigenvalue weighted by atomic mass is 9.65. The van der Waals surface area contributed by atoms with Crippen LogP contribution in [0.15, 0.2) is 133 Å². The maximum Gasteiger partial charge on any atom is 0.0725 e. The Labute approximate surface area is 267 Å². The van der Waals surface area contributed by atoms with Gasteiger partial charge < -0.3 is 0 Å². The molecule has 0 atom stereocenters. The van der Waals surface area contributed by atoms with E-state index in [1.54, 1.807) is 0 Å². The van der Waals surface area contributed by atoms with Gasteiger partial charge in [0.05, 0.1) is 5.41 Å². The quantitative estimate of drug-likeness (QED) is 0.178. The summed E-state index contributed by atoms with van der Waals surface area (Å²) >= 11 is 0. The molecule has 0 fully saturated rings. The third kappa shape index (κ3) is 3.98. The first kappa shape index (κ1) is 27.8. The summed E-state index contributed by atoms with van der Waals surface area (Å²) in [6.45, 7) is 14.0. The molecule has 7 aromatic rings. The summed E-state index contributed by atoms with van der Waals surface area (Å²) in [5, 5.41) is 7.94. The molecule has 0 amide bonds. The van der Waals surface area contributed by atoms with Crippen LogP contribution in [-0.2, 0) is 16.2 Å². The van der Waals surface area contributed by atoms with Crippen LogP contribution in [0.5, 0.6) is 0 Å². The lowest BCUT2D eigenvalue weighted by molar-refractivity contribution is 0.590. The van der Waals surface area contributed by atoms with E-state index in [-0.39, 0.29) is 10.8 Å². The van der Waals surface area contributed by atoms with Gasteiger partial charge in [0.1, 0.15) is 0 Å². The number of hydrogen-bond acceptors (Lipinski definition) is 0. The normalized spacial score (nSPS) is 14.2. The van der Waals surface area contributed by atoms with Gasteiger partial charge in [-0.15, -0.1) is 0 Å². The number of hydrogen-bond donors (Lipinski definition) is 0. The van der Waals surface area contributed by atoms with Gasteiger partial charge in [0.2, 0.25) is 0 Å². The van der Waals surface area contributed by atoms with Crippen LogP contribution in [0.25, 0.3) is 43.4 Å². The highest BCUT2D eigenvalue weighted by Crippen LogP contribution is 2.62. The Hall–Kier alpha value is -4.68. The SMILES string of the molecule is CC(C)(C)c1ccc2c(c1)c1c(c3cc(C(C)(C)C)ccc32)C(c2ccccc2)(c2ccccc2)c2c-1ccc1ccccc21. The van der Waals surface area contributed by atoms with Gasteiger partial charge in [-0.05, 0) is 93.7 Å². The highest BCUT2D eigenvalue weighted by Gasteiger charge is 2.49. The fourth-order valence-electron chi connectivity index (χ4n) is 7.97. The average Bonchev–Trinajstić information content (AvgIpc) is 3.37. The number of rotatable bonds is 2. The molecular formula is C45H40. The van der Waals surface area contributed by atoms with E-state index in [2.05, 4.69) is 175 Å². The maximum absolute atomic E-state index is 2.51. The maximum atomic E-state index is 2.51. The molecule has 0 saturated heterocycles. The molecule has 1 aliphatic rings. The van der Waals surface area contributed by atoms with Crippen LogP contribution < -0.4 is 0 Å². The summed E-state index contributed by atoms with van der Waals surface area (Å²) in [5.74, 6) is 0. The van der Waals surface area contributed by atoms with Crippen LogP contribution in [0.3, 0.4) is 0 Å². The van der Waals surface area contributed by atoms with E-state index in [1.165, 1.54) is 76.8 Å². The zero-order valence-electron chi connectivity index (χ0n) is 27.2. The third-order valence-corrected chi connectivity index (χ3v) is 10.2. The van der Waals surface area contributed by atoms with Crippen LogP contribution >= 0.6 is 0 Å². The zero-order valence-corrected chi connectivity index (χ0v) is 27.2. The molecule has 0 bridgehead atoms. The lowest BCUT2D eigenvalue weighted by Crippen LogP contribution is -2.29. The van der Waals surface area contributed by atoms with Crippen LogP contribution in [-0.4, -0.2) is 0 Å². The standard InChI is InChI=1S/C45H40/c1-43(2,3)32-22-25-35-36-26-23-33(44(4,5)6)28-39(36)42-40(38(35)27-32)37-24-21-29-15-13-14-20-34(29)41(37)45(42,30-16-9-7-10-17-30)31-18-11-8-12-19-31/h7-28H,1-6H3. The lowest BCUT2D eigenvalue weighted by Gasteiger charge is -2.36. The van der Waals surface area contributed by atoms with Crippen molar-refractivity contribution < 1.29 is 0 Å². The van der Waals surface area contributed by atoms with Crippen molar-refractivity contribution in [3.05, 3.63) is 167 Å². The molecule has 0 N–H and O–H groups in total. The molecule has 45 heavy (non-hydrogen) atoms. The minimum atomic E-state index is -0.505. The molecule has 8 rings (SSSR count). The number of benzene rings is 7. The summed E-state index contributed by atoms with van der Waals surface area (Å²) in [5.41, 5.74) is 10.4. The largest absolute Gasteiger partial charge is 0.0725 e. The molecule has 7 aromatic carbocycles. The second kappa shape index (κ2) is 9.66. The van der Waals surface area contributed by atoms with Crippen molar-refractivity contribution in [2.75, 3.05) is 0 Å². The van der Waals surface area contributed by atoms with Gasteiger partial charge in [-0.3, -0.25) is 0 Å². The first-order valence-corrected chi connectivity index (χ1v) is 16.3. The Morgan fingerprint density at radius 1 is 0.400 bits per heavy atom. The van der Waals surface area contributed by atoms with E-state index in [4.69, 9.17) is 0 Å². The topological polar surface area (TPSA) is 0 Å². The molecule has 0 heteroatoms. The van der Waals surface area contributed by atoms with Crippen molar-refractivity contribution in [1.29, 1.82) is 0 Å². The predicted molar refractivity (Wildman–Crippen MR) is 194 cm³/mol. The van der Waals surface area contributed by atoms with E-state index in [1.807, 2.05) is 0 Å². The van der Waals surface area contributed by atoms with E-state index in [9.17, 15) is 0 Å². The smallest absolute Gasteiger partial charge is 0.0622 e. The Morgan fingerprint density at radius 2 is 0.911 bits per heavy atom. The molecule has 220 valence electrons. The second-order valence-corrected chi connectivity index (χ2v) is 15.0. The summed E-state index contributed by atoms with van der Waals surface area (Å²) in [6, 6.07) is 50.8. The van der Waals surface area contributed by atoms with Crippen LogP contribution in [0.4, 0.5) is 0 Å². The molecule has 0 nitrogen and oxygen atoms in total. The zero-order chi connectivity index (χ0) is 31.1. The second-order valence-electron chi connectivity index (χ2n) is 15.0. The molecular weight excluding hydrogens is 540 g/mol. The minimum Gasteiger partial charge on any atom is -0.0622 e. The molecule has 0 unspecified atom stereocenters. The van der Waals surface area contributed by atoms with Gasteiger partial charge in [-0.1, -0.05) is 169 Å². The van der Waals surface area contributed by atoms with E-state index in [0.29, 0.717) is 0 Å². The third-order valence-electron chi connectivity index (χ3n) is 10.2. The van der Waals surface area contributed by atoms with Crippen LogP contribution in [0, 0.1) is 0 Å². The molecule has 0 saturated carbocycles. The van der Waals surface area contributed by atoms with E-state index in [0.717, 1.165) is 0 Å². The van der Waals surface area contributed by atoms with Gasteiger partial charge in [-0.2, -0.15) is 0 Å². The first-order chi connectivity index (χ1) is 21.6. The Kier molecular flexibility index (Phi) is 5.97. The van der Waals surface area contributed by atoms with Gasteiger partial charge in [0.25, 0.3) is 0 Å². The summed E-state index contributed by atoms with van der Waals surface area (Å²) < 4.78 is 0. The van der Waals surface area contributed by atoms with E-state index >= 15 is 0 Å². The molecule has 0 radical (unpaired) electrons. The fraction of sp³-hybridized carbons (Fsp3) is 0.200. The van der Waals surface area contributed by atoms with Crippen molar-refractivity contribution in [3.63, 3.8) is 0 Å². The highest BCUT2D eigenvalue weighted by molar-refractivity contribution is 6.20. The predicted octanol–water partition coefficient (Wildman–Crippen LogP) is 12.1. The molecule has 0 aromatic heterocycles. The highest BCUT2D eigenvalue weighted by atomic mass is 14.5. The van der Waals surface area contributed by atoms with Crippen LogP contribution in [0.1, 0.15) is 74.9 Å². The van der Waals surface area contributed by atoms with Gasteiger partial charge in [0, 0.05) is 0 Å². The Balaban J connectivity index is 1.71. The van der Waals surface area contributed by atoms with Crippen molar-refractivity contribution in [3.8, 4) is 11.1 Å². The molecule has 0 aliphatic heterocycles. The minimum absolute atomic E-state index is 0.0203. The van der Waals surface area contributed by atoms with Crippen molar-refractivity contribution in [2.24, 2.45) is 0 Å². The van der Waals surface area contributed by atoms with Crippen molar-refractivity contribution in [2.45, 2.75) is 57.8 Å². The van der Waals surface area contributed by atoms with Crippen molar-refractivity contribution >= 4 is 32.3 Å². The summed E-state index contributed by atoms with van der Waals surface area (Å²) in [6.07, 6.45) is 0. The summed E-state index contributed by atoms with van der Waals surface area (Å²) in [4.78, 5) is 0. The summed E-state index contributed by atoms with van der Waals surface area (Å²) in [7, 11) is 0. The van der Waals surface area contributed by atoms with Crippen LogP contribution in [0.2, 0.25) is 0 Å². The monoisotopic (exact) mass is 580 g/mol. The molecule has 0 spiro atoms.